The number of benzene rings is 1. The highest BCUT2D eigenvalue weighted by atomic mass is 19.1. The summed E-state index contributed by atoms with van der Waals surface area (Å²) in [5.41, 5.74) is 0.804. The number of ether oxygens (including phenoxy) is 1. The van der Waals surface area contributed by atoms with E-state index in [0.717, 1.165) is 44.6 Å². The average molecular weight is 294 g/mol. The fourth-order valence-corrected chi connectivity index (χ4v) is 2.92. The van der Waals surface area contributed by atoms with Gasteiger partial charge in [0, 0.05) is 43.9 Å². The molecule has 1 fully saturated rings. The molecule has 21 heavy (non-hydrogen) atoms. The van der Waals surface area contributed by atoms with E-state index in [1.807, 2.05) is 12.1 Å². The average Bonchev–Trinajstić information content (AvgIpc) is 2.49. The highest BCUT2D eigenvalue weighted by molar-refractivity contribution is 5.31. The maximum Gasteiger partial charge on any atom is 0.131 e. The molecule has 0 aromatic heterocycles. The standard InChI is InChI=1S/C17H27FN2O/c1-13(2)4-7-17(20-10-8-19-9-11-20)15-6-5-14(21-3)12-16(15)18/h5-6,12-13,17,19H,4,7-11H2,1-3H3/t17-/m0/s1. The molecule has 0 aliphatic carbocycles. The molecule has 1 aromatic rings. The van der Waals surface area contributed by atoms with Crippen molar-refractivity contribution in [3.8, 4) is 5.75 Å². The van der Waals surface area contributed by atoms with Crippen LogP contribution in [-0.4, -0.2) is 38.2 Å². The molecular weight excluding hydrogens is 267 g/mol. The minimum atomic E-state index is -0.151. The number of halogens is 1. The summed E-state index contributed by atoms with van der Waals surface area (Å²) in [4.78, 5) is 2.41. The van der Waals surface area contributed by atoms with Crippen LogP contribution >= 0.6 is 0 Å². The van der Waals surface area contributed by atoms with Gasteiger partial charge in [0.1, 0.15) is 11.6 Å². The Kier molecular flexibility index (Phi) is 6.00. The Labute approximate surface area is 127 Å². The highest BCUT2D eigenvalue weighted by Crippen LogP contribution is 2.31. The van der Waals surface area contributed by atoms with E-state index in [2.05, 4.69) is 24.1 Å². The van der Waals surface area contributed by atoms with Crippen molar-refractivity contribution in [1.29, 1.82) is 0 Å². The first-order chi connectivity index (χ1) is 10.1. The van der Waals surface area contributed by atoms with Crippen molar-refractivity contribution < 1.29 is 9.13 Å². The number of methoxy groups -OCH3 is 1. The Morgan fingerprint density at radius 1 is 1.24 bits per heavy atom. The summed E-state index contributed by atoms with van der Waals surface area (Å²) in [5.74, 6) is 1.07. The minimum absolute atomic E-state index is 0.151. The summed E-state index contributed by atoms with van der Waals surface area (Å²) in [5, 5.41) is 3.36. The molecule has 1 heterocycles. The quantitative estimate of drug-likeness (QED) is 0.872. The first kappa shape index (κ1) is 16.2. The third-order valence-corrected chi connectivity index (χ3v) is 4.18. The van der Waals surface area contributed by atoms with Crippen LogP contribution in [0.4, 0.5) is 4.39 Å². The van der Waals surface area contributed by atoms with Crippen LogP contribution in [0, 0.1) is 11.7 Å². The van der Waals surface area contributed by atoms with E-state index in [-0.39, 0.29) is 11.9 Å². The van der Waals surface area contributed by atoms with Crippen molar-refractivity contribution in [2.45, 2.75) is 32.7 Å². The van der Waals surface area contributed by atoms with E-state index in [9.17, 15) is 4.39 Å². The molecule has 118 valence electrons. The number of nitrogens with zero attached hydrogens (tertiary/aromatic N) is 1. The Hall–Kier alpha value is -1.13. The second-order valence-corrected chi connectivity index (χ2v) is 6.16. The molecule has 1 aromatic carbocycles. The SMILES string of the molecule is COc1ccc([C@H](CCC(C)C)N2CCNCC2)c(F)c1. The van der Waals surface area contributed by atoms with Crippen molar-refractivity contribution in [2.24, 2.45) is 5.92 Å². The molecule has 1 atom stereocenters. The van der Waals surface area contributed by atoms with Crippen LogP contribution in [0.5, 0.6) is 5.75 Å². The van der Waals surface area contributed by atoms with Gasteiger partial charge in [-0.1, -0.05) is 19.9 Å². The molecule has 0 radical (unpaired) electrons. The van der Waals surface area contributed by atoms with Gasteiger partial charge >= 0.3 is 0 Å². The zero-order valence-corrected chi connectivity index (χ0v) is 13.4. The van der Waals surface area contributed by atoms with Crippen molar-refractivity contribution in [3.05, 3.63) is 29.6 Å². The molecule has 3 nitrogen and oxygen atoms in total. The van der Waals surface area contributed by atoms with Crippen molar-refractivity contribution in [2.75, 3.05) is 33.3 Å². The Bertz CT molecular complexity index is 444. The summed E-state index contributed by atoms with van der Waals surface area (Å²) in [6.07, 6.45) is 2.11. The van der Waals surface area contributed by atoms with Crippen LogP contribution in [0.3, 0.4) is 0 Å². The van der Waals surface area contributed by atoms with Crippen LogP contribution in [-0.2, 0) is 0 Å². The topological polar surface area (TPSA) is 24.5 Å². The highest BCUT2D eigenvalue weighted by Gasteiger charge is 2.24. The van der Waals surface area contributed by atoms with Crippen LogP contribution < -0.4 is 10.1 Å². The fraction of sp³-hybridized carbons (Fsp3) is 0.647. The van der Waals surface area contributed by atoms with Gasteiger partial charge in [0.15, 0.2) is 0 Å². The second-order valence-electron chi connectivity index (χ2n) is 6.16. The van der Waals surface area contributed by atoms with Crippen molar-refractivity contribution in [1.82, 2.24) is 10.2 Å². The van der Waals surface area contributed by atoms with E-state index in [1.165, 1.54) is 6.07 Å². The molecule has 0 bridgehead atoms. The lowest BCUT2D eigenvalue weighted by atomic mass is 9.95. The lowest BCUT2D eigenvalue weighted by Crippen LogP contribution is -2.45. The number of piperazine rings is 1. The van der Waals surface area contributed by atoms with Crippen LogP contribution in [0.2, 0.25) is 0 Å². The van der Waals surface area contributed by atoms with E-state index in [0.29, 0.717) is 11.7 Å². The van der Waals surface area contributed by atoms with Crippen molar-refractivity contribution in [3.63, 3.8) is 0 Å². The maximum absolute atomic E-state index is 14.4. The van der Waals surface area contributed by atoms with Gasteiger partial charge < -0.3 is 10.1 Å². The third kappa shape index (κ3) is 4.42. The molecule has 0 saturated carbocycles. The molecule has 0 unspecified atom stereocenters. The first-order valence-corrected chi connectivity index (χ1v) is 7.90. The molecular formula is C17H27FN2O. The number of hydrogen-bond donors (Lipinski definition) is 1. The summed E-state index contributed by atoms with van der Waals surface area (Å²) in [6.45, 7) is 8.37. The molecule has 1 N–H and O–H groups in total. The molecule has 4 heteroatoms. The molecule has 0 amide bonds. The Balaban J connectivity index is 2.20. The Morgan fingerprint density at radius 3 is 2.52 bits per heavy atom. The summed E-state index contributed by atoms with van der Waals surface area (Å²) in [7, 11) is 1.57. The van der Waals surface area contributed by atoms with E-state index < -0.39 is 0 Å². The van der Waals surface area contributed by atoms with Crippen LogP contribution in [0.15, 0.2) is 18.2 Å². The predicted molar refractivity (Wildman–Crippen MR) is 84.2 cm³/mol. The van der Waals surface area contributed by atoms with E-state index >= 15 is 0 Å². The normalized spacial score (nSPS) is 18.0. The molecule has 1 saturated heterocycles. The molecule has 0 spiro atoms. The number of nitrogens with one attached hydrogen (secondary N) is 1. The Morgan fingerprint density at radius 2 is 1.95 bits per heavy atom. The van der Waals surface area contributed by atoms with Crippen molar-refractivity contribution >= 4 is 0 Å². The van der Waals surface area contributed by atoms with Gasteiger partial charge in [0.2, 0.25) is 0 Å². The first-order valence-electron chi connectivity index (χ1n) is 7.90. The van der Waals surface area contributed by atoms with Gasteiger partial charge in [-0.15, -0.1) is 0 Å². The summed E-state index contributed by atoms with van der Waals surface area (Å²) >= 11 is 0. The van der Waals surface area contributed by atoms with Gasteiger partial charge in [-0.25, -0.2) is 4.39 Å². The zero-order chi connectivity index (χ0) is 15.2. The van der Waals surface area contributed by atoms with E-state index in [1.54, 1.807) is 7.11 Å². The van der Waals surface area contributed by atoms with Gasteiger partial charge in [-0.2, -0.15) is 0 Å². The van der Waals surface area contributed by atoms with Gasteiger partial charge in [-0.05, 0) is 24.8 Å². The minimum Gasteiger partial charge on any atom is -0.497 e. The van der Waals surface area contributed by atoms with Gasteiger partial charge in [0.05, 0.1) is 7.11 Å². The third-order valence-electron chi connectivity index (χ3n) is 4.18. The largest absolute Gasteiger partial charge is 0.497 e. The number of rotatable bonds is 6. The zero-order valence-electron chi connectivity index (χ0n) is 13.4. The molecule has 1 aliphatic rings. The van der Waals surface area contributed by atoms with Crippen LogP contribution in [0.1, 0.15) is 38.3 Å². The monoisotopic (exact) mass is 294 g/mol. The summed E-state index contributed by atoms with van der Waals surface area (Å²) in [6, 6.07) is 5.42. The predicted octanol–water partition coefficient (Wildman–Crippen LogP) is 3.22. The lowest BCUT2D eigenvalue weighted by Gasteiger charge is -2.36. The molecule has 1 aliphatic heterocycles. The van der Waals surface area contributed by atoms with Crippen LogP contribution in [0.25, 0.3) is 0 Å². The fourth-order valence-electron chi connectivity index (χ4n) is 2.92. The maximum atomic E-state index is 14.4. The van der Waals surface area contributed by atoms with Gasteiger partial charge in [0.25, 0.3) is 0 Å². The smallest absolute Gasteiger partial charge is 0.131 e. The van der Waals surface area contributed by atoms with Gasteiger partial charge in [-0.3, -0.25) is 4.90 Å². The summed E-state index contributed by atoms with van der Waals surface area (Å²) < 4.78 is 19.6. The lowest BCUT2D eigenvalue weighted by molar-refractivity contribution is 0.156. The second kappa shape index (κ2) is 7.76. The number of hydrogen-bond acceptors (Lipinski definition) is 3. The van der Waals surface area contributed by atoms with E-state index in [4.69, 9.17) is 4.74 Å². The molecule has 2 rings (SSSR count).